The Morgan fingerprint density at radius 2 is 1.74 bits per heavy atom. The van der Waals surface area contributed by atoms with Gasteiger partial charge in [-0.3, -0.25) is 14.4 Å². The van der Waals surface area contributed by atoms with E-state index in [0.29, 0.717) is 30.0 Å². The lowest BCUT2D eigenvalue weighted by Gasteiger charge is -2.59. The Labute approximate surface area is 162 Å². The van der Waals surface area contributed by atoms with E-state index < -0.39 is 0 Å². The van der Waals surface area contributed by atoms with Crippen LogP contribution in [0.25, 0.3) is 0 Å². The van der Waals surface area contributed by atoms with Gasteiger partial charge in [0, 0.05) is 25.2 Å². The van der Waals surface area contributed by atoms with Crippen LogP contribution < -0.4 is 0 Å². The Morgan fingerprint density at radius 1 is 1.00 bits per heavy atom. The molecule has 0 bridgehead atoms. The predicted octanol–water partition coefficient (Wildman–Crippen LogP) is 4.35. The zero-order valence-electron chi connectivity index (χ0n) is 17.3. The fourth-order valence-electron chi connectivity index (χ4n) is 8.04. The molecule has 0 heterocycles. The third kappa shape index (κ3) is 2.81. The molecule has 0 spiro atoms. The number of carbonyl (C=O) groups is 3. The first kappa shape index (κ1) is 19.1. The van der Waals surface area contributed by atoms with E-state index in [0.717, 1.165) is 44.9 Å². The minimum Gasteiger partial charge on any atom is -0.463 e. The summed E-state index contributed by atoms with van der Waals surface area (Å²) in [5, 5.41) is 0. The maximum Gasteiger partial charge on any atom is 0.302 e. The molecule has 0 N–H and O–H groups in total. The average molecular weight is 375 g/mol. The van der Waals surface area contributed by atoms with Gasteiger partial charge < -0.3 is 4.74 Å². The van der Waals surface area contributed by atoms with Crippen molar-refractivity contribution in [3.05, 3.63) is 0 Å². The van der Waals surface area contributed by atoms with E-state index >= 15 is 0 Å². The van der Waals surface area contributed by atoms with Crippen molar-refractivity contribution in [1.82, 2.24) is 0 Å². The van der Waals surface area contributed by atoms with Crippen LogP contribution in [0, 0.1) is 40.4 Å². The molecule has 27 heavy (non-hydrogen) atoms. The van der Waals surface area contributed by atoms with Gasteiger partial charge in [-0.05, 0) is 80.5 Å². The van der Waals surface area contributed by atoms with Crippen molar-refractivity contribution in [3.8, 4) is 0 Å². The lowest BCUT2D eigenvalue weighted by atomic mass is 9.44. The van der Waals surface area contributed by atoms with Crippen molar-refractivity contribution in [2.45, 2.75) is 85.2 Å². The minimum atomic E-state index is -0.192. The molecule has 0 aromatic carbocycles. The average Bonchev–Trinajstić information content (AvgIpc) is 2.91. The van der Waals surface area contributed by atoms with Crippen molar-refractivity contribution in [3.63, 3.8) is 0 Å². The summed E-state index contributed by atoms with van der Waals surface area (Å²) in [6.07, 6.45) is 7.64. The number of hydrogen-bond acceptors (Lipinski definition) is 4. The second-order valence-corrected chi connectivity index (χ2v) is 10.4. The van der Waals surface area contributed by atoms with Crippen molar-refractivity contribution in [2.24, 2.45) is 40.4 Å². The lowest BCUT2D eigenvalue weighted by Crippen LogP contribution is -2.58. The molecule has 4 nitrogen and oxygen atoms in total. The highest BCUT2D eigenvalue weighted by Gasteiger charge is 2.63. The number of hydrogen-bond donors (Lipinski definition) is 0. The molecule has 0 amide bonds. The standard InChI is InChI=1S/C23H34O4/c1-13(24)18-7-8-19-17-6-5-15-11-16(27-14(2)25)9-10-22(15,3)21(17)20(26)12-23(18,19)4/h15-19,21H,5-12H2,1-4H3/t15-,16+,17+,18-,19+,21-,22-,23+/m0/s1. The Kier molecular flexibility index (Phi) is 4.55. The van der Waals surface area contributed by atoms with Gasteiger partial charge in [-0.25, -0.2) is 0 Å². The first-order chi connectivity index (χ1) is 12.7. The van der Waals surface area contributed by atoms with E-state index in [2.05, 4.69) is 13.8 Å². The number of rotatable bonds is 2. The molecular weight excluding hydrogens is 340 g/mol. The SMILES string of the molecule is CC(=O)O[C@@H]1CC[C@@]2(C)[C@@H](CC[C@@H]3[C@H]4CC[C@@H](C(C)=O)[C@@]4(C)CC(=O)[C@H]32)C1. The molecular formula is C23H34O4. The van der Waals surface area contributed by atoms with Gasteiger partial charge >= 0.3 is 5.97 Å². The van der Waals surface area contributed by atoms with Gasteiger partial charge in [0.15, 0.2) is 0 Å². The van der Waals surface area contributed by atoms with E-state index in [-0.39, 0.29) is 40.5 Å². The topological polar surface area (TPSA) is 60.4 Å². The van der Waals surface area contributed by atoms with E-state index in [1.54, 1.807) is 6.92 Å². The molecule has 8 atom stereocenters. The van der Waals surface area contributed by atoms with Crippen molar-refractivity contribution in [1.29, 1.82) is 0 Å². The molecule has 0 saturated heterocycles. The summed E-state index contributed by atoms with van der Waals surface area (Å²) in [4.78, 5) is 37.1. The third-order valence-electron chi connectivity index (χ3n) is 9.12. The highest BCUT2D eigenvalue weighted by Crippen LogP contribution is 2.66. The quantitative estimate of drug-likeness (QED) is 0.675. The molecule has 0 aliphatic heterocycles. The molecule has 150 valence electrons. The van der Waals surface area contributed by atoms with Gasteiger partial charge in [-0.1, -0.05) is 13.8 Å². The summed E-state index contributed by atoms with van der Waals surface area (Å²) < 4.78 is 5.51. The van der Waals surface area contributed by atoms with Gasteiger partial charge in [0.25, 0.3) is 0 Å². The first-order valence-electron chi connectivity index (χ1n) is 10.9. The monoisotopic (exact) mass is 374 g/mol. The largest absolute Gasteiger partial charge is 0.463 e. The molecule has 4 rings (SSSR count). The highest BCUT2D eigenvalue weighted by molar-refractivity contribution is 5.87. The van der Waals surface area contributed by atoms with Crippen LogP contribution in [0.5, 0.6) is 0 Å². The number of ether oxygens (including phenoxy) is 1. The molecule has 4 saturated carbocycles. The van der Waals surface area contributed by atoms with Crippen molar-refractivity contribution in [2.75, 3.05) is 0 Å². The van der Waals surface area contributed by atoms with Gasteiger partial charge in [0.2, 0.25) is 0 Å². The normalized spacial score (nSPS) is 49.0. The molecule has 0 radical (unpaired) electrons. The number of Topliss-reactive ketones (excluding diaryl/α,β-unsaturated/α-hetero) is 2. The van der Waals surface area contributed by atoms with Crippen LogP contribution in [0.1, 0.15) is 79.1 Å². The van der Waals surface area contributed by atoms with Gasteiger partial charge in [-0.2, -0.15) is 0 Å². The van der Waals surface area contributed by atoms with Crippen LogP contribution in [-0.2, 0) is 19.1 Å². The fourth-order valence-corrected chi connectivity index (χ4v) is 8.04. The zero-order chi connectivity index (χ0) is 19.6. The summed E-state index contributed by atoms with van der Waals surface area (Å²) in [6, 6.07) is 0. The van der Waals surface area contributed by atoms with Crippen LogP contribution >= 0.6 is 0 Å². The van der Waals surface area contributed by atoms with Crippen LogP contribution in [-0.4, -0.2) is 23.6 Å². The van der Waals surface area contributed by atoms with E-state index in [9.17, 15) is 14.4 Å². The van der Waals surface area contributed by atoms with Gasteiger partial charge in [0.05, 0.1) is 0 Å². The lowest BCUT2D eigenvalue weighted by molar-refractivity contribution is -0.169. The van der Waals surface area contributed by atoms with Crippen molar-refractivity contribution < 1.29 is 19.1 Å². The smallest absolute Gasteiger partial charge is 0.302 e. The van der Waals surface area contributed by atoms with Crippen LogP contribution in [0.15, 0.2) is 0 Å². The molecule has 0 unspecified atom stereocenters. The Morgan fingerprint density at radius 3 is 2.41 bits per heavy atom. The predicted molar refractivity (Wildman–Crippen MR) is 102 cm³/mol. The Bertz CT molecular complexity index is 669. The third-order valence-corrected chi connectivity index (χ3v) is 9.12. The Hall–Kier alpha value is -1.19. The summed E-state index contributed by atoms with van der Waals surface area (Å²) in [6.45, 7) is 7.75. The minimum absolute atomic E-state index is 0.0228. The van der Waals surface area contributed by atoms with Crippen LogP contribution in [0.3, 0.4) is 0 Å². The molecule has 4 aliphatic carbocycles. The maximum absolute atomic E-state index is 13.5. The second-order valence-electron chi connectivity index (χ2n) is 10.4. The summed E-state index contributed by atoms with van der Waals surface area (Å²) in [5.41, 5.74) is -0.0888. The number of fused-ring (bicyclic) bond motifs is 5. The fraction of sp³-hybridized carbons (Fsp3) is 0.870. The maximum atomic E-state index is 13.5. The van der Waals surface area contributed by atoms with Crippen LogP contribution in [0.2, 0.25) is 0 Å². The molecule has 0 aromatic rings. The molecule has 0 aromatic heterocycles. The number of esters is 1. The second kappa shape index (κ2) is 6.42. The van der Waals surface area contributed by atoms with E-state index in [4.69, 9.17) is 4.74 Å². The molecule has 4 aliphatic rings. The molecule has 4 fully saturated rings. The first-order valence-corrected chi connectivity index (χ1v) is 10.9. The summed E-state index contributed by atoms with van der Waals surface area (Å²) >= 11 is 0. The van der Waals surface area contributed by atoms with Crippen LogP contribution in [0.4, 0.5) is 0 Å². The van der Waals surface area contributed by atoms with E-state index in [1.807, 2.05) is 0 Å². The summed E-state index contributed by atoms with van der Waals surface area (Å²) in [7, 11) is 0. The molecule has 4 heteroatoms. The van der Waals surface area contributed by atoms with Crippen molar-refractivity contribution >= 4 is 17.5 Å². The Balaban J connectivity index is 1.60. The summed E-state index contributed by atoms with van der Waals surface area (Å²) in [5.74, 6) is 2.11. The number of carbonyl (C=O) groups excluding carboxylic acids is 3. The highest BCUT2D eigenvalue weighted by atomic mass is 16.5. The van der Waals surface area contributed by atoms with Gasteiger partial charge in [-0.15, -0.1) is 0 Å². The van der Waals surface area contributed by atoms with E-state index in [1.165, 1.54) is 6.92 Å². The number of ketones is 2. The zero-order valence-corrected chi connectivity index (χ0v) is 17.3. The van der Waals surface area contributed by atoms with Gasteiger partial charge in [0.1, 0.15) is 17.7 Å².